The summed E-state index contributed by atoms with van der Waals surface area (Å²) in [5.74, 6) is 0.418. The summed E-state index contributed by atoms with van der Waals surface area (Å²) in [7, 11) is 0. The Morgan fingerprint density at radius 3 is 2.68 bits per heavy atom. The molecule has 0 aliphatic heterocycles. The first-order valence-electron chi connectivity index (χ1n) is 5.91. The number of carbonyl (C=O) groups excluding carboxylic acids is 1. The lowest BCUT2D eigenvalue weighted by molar-refractivity contribution is -0.115. The van der Waals surface area contributed by atoms with Gasteiger partial charge in [-0.2, -0.15) is 0 Å². The summed E-state index contributed by atoms with van der Waals surface area (Å²) in [6.07, 6.45) is 1.70. The highest BCUT2D eigenvalue weighted by atomic mass is 79.9. The maximum atomic E-state index is 11.5. The summed E-state index contributed by atoms with van der Waals surface area (Å²) in [4.78, 5) is 19.9. The molecule has 1 atom stereocenters. The molecule has 0 spiro atoms. The van der Waals surface area contributed by atoms with Crippen molar-refractivity contribution in [2.45, 2.75) is 18.7 Å². The largest absolute Gasteiger partial charge is 0.310 e. The van der Waals surface area contributed by atoms with E-state index in [2.05, 4.69) is 31.2 Å². The highest BCUT2D eigenvalue weighted by Crippen LogP contribution is 2.17. The first kappa shape index (κ1) is 13.7. The second kappa shape index (κ2) is 5.93. The molecule has 2 aromatic rings. The van der Waals surface area contributed by atoms with Crippen molar-refractivity contribution in [1.29, 1.82) is 0 Å². The Balaban J connectivity index is 2.17. The molecule has 0 aliphatic carbocycles. The minimum atomic E-state index is -0.243. The molecule has 0 saturated carbocycles. The minimum Gasteiger partial charge on any atom is -0.310 e. The molecule has 0 aliphatic rings. The minimum absolute atomic E-state index is 0.117. The number of nitrogens with one attached hydrogen (secondary N) is 1. The fourth-order valence-electron chi connectivity index (χ4n) is 1.55. The molecule has 2 rings (SSSR count). The summed E-state index contributed by atoms with van der Waals surface area (Å²) >= 11 is 3.21. The van der Waals surface area contributed by atoms with Gasteiger partial charge in [0.1, 0.15) is 5.82 Å². The van der Waals surface area contributed by atoms with E-state index in [4.69, 9.17) is 0 Å². The normalized spacial score (nSPS) is 11.9. The number of anilines is 1. The predicted octanol–water partition coefficient (Wildman–Crippen LogP) is 3.17. The van der Waals surface area contributed by atoms with Gasteiger partial charge in [-0.1, -0.05) is 22.0 Å². The van der Waals surface area contributed by atoms with Crippen LogP contribution in [-0.4, -0.2) is 20.7 Å². The van der Waals surface area contributed by atoms with Crippen molar-refractivity contribution in [3.63, 3.8) is 0 Å². The van der Waals surface area contributed by atoms with E-state index in [0.29, 0.717) is 5.82 Å². The van der Waals surface area contributed by atoms with Crippen LogP contribution < -0.4 is 5.32 Å². The summed E-state index contributed by atoms with van der Waals surface area (Å²) in [5, 5.41) is 2.71. The third kappa shape index (κ3) is 3.61. The van der Waals surface area contributed by atoms with E-state index in [0.717, 1.165) is 17.0 Å². The monoisotopic (exact) mass is 319 g/mol. The van der Waals surface area contributed by atoms with Gasteiger partial charge < -0.3 is 5.32 Å². The summed E-state index contributed by atoms with van der Waals surface area (Å²) in [5.41, 5.74) is 2.76. The SMILES string of the molecule is Cc1cccc(-c2ccc(NC(=O)C(C)Br)nc2)n1. The van der Waals surface area contributed by atoms with Crippen LogP contribution in [0.1, 0.15) is 12.6 Å². The molecule has 1 N–H and O–H groups in total. The van der Waals surface area contributed by atoms with Crippen LogP contribution in [0, 0.1) is 6.92 Å². The number of nitrogens with zero attached hydrogens (tertiary/aromatic N) is 2. The zero-order valence-electron chi connectivity index (χ0n) is 10.7. The lowest BCUT2D eigenvalue weighted by atomic mass is 10.2. The van der Waals surface area contributed by atoms with Crippen LogP contribution in [0.25, 0.3) is 11.3 Å². The van der Waals surface area contributed by atoms with Gasteiger partial charge in [0.15, 0.2) is 0 Å². The van der Waals surface area contributed by atoms with Gasteiger partial charge in [-0.25, -0.2) is 4.98 Å². The fraction of sp³-hybridized carbons (Fsp3) is 0.214. The zero-order chi connectivity index (χ0) is 13.8. The van der Waals surface area contributed by atoms with Crippen LogP contribution in [0.15, 0.2) is 36.5 Å². The third-order valence-electron chi connectivity index (χ3n) is 2.56. The highest BCUT2D eigenvalue weighted by Gasteiger charge is 2.09. The predicted molar refractivity (Wildman–Crippen MR) is 79.2 cm³/mol. The van der Waals surface area contributed by atoms with Crippen molar-refractivity contribution in [2.75, 3.05) is 5.32 Å². The van der Waals surface area contributed by atoms with Crippen molar-refractivity contribution in [1.82, 2.24) is 9.97 Å². The topological polar surface area (TPSA) is 54.9 Å². The van der Waals surface area contributed by atoms with Gasteiger partial charge in [-0.3, -0.25) is 9.78 Å². The van der Waals surface area contributed by atoms with Crippen LogP contribution >= 0.6 is 15.9 Å². The Kier molecular flexibility index (Phi) is 4.27. The highest BCUT2D eigenvalue weighted by molar-refractivity contribution is 9.10. The second-order valence-corrected chi connectivity index (χ2v) is 5.58. The number of alkyl halides is 1. The molecule has 1 amide bonds. The van der Waals surface area contributed by atoms with Crippen molar-refractivity contribution in [3.8, 4) is 11.3 Å². The second-order valence-electron chi connectivity index (χ2n) is 4.20. The van der Waals surface area contributed by atoms with Gasteiger partial charge in [0.2, 0.25) is 5.91 Å². The number of halogens is 1. The number of pyridine rings is 2. The van der Waals surface area contributed by atoms with Gasteiger partial charge in [-0.05, 0) is 38.1 Å². The van der Waals surface area contributed by atoms with Crippen LogP contribution in [0.5, 0.6) is 0 Å². The van der Waals surface area contributed by atoms with Crippen molar-refractivity contribution >= 4 is 27.7 Å². The molecular weight excluding hydrogens is 306 g/mol. The van der Waals surface area contributed by atoms with Crippen molar-refractivity contribution in [3.05, 3.63) is 42.2 Å². The Labute approximate surface area is 120 Å². The lowest BCUT2D eigenvalue weighted by Crippen LogP contribution is -2.20. The van der Waals surface area contributed by atoms with E-state index in [9.17, 15) is 4.79 Å². The third-order valence-corrected chi connectivity index (χ3v) is 2.98. The number of hydrogen-bond acceptors (Lipinski definition) is 3. The molecular formula is C14H14BrN3O. The molecule has 2 heterocycles. The van der Waals surface area contributed by atoms with Crippen LogP contribution in [0.2, 0.25) is 0 Å². The Hall–Kier alpha value is -1.75. The van der Waals surface area contributed by atoms with E-state index in [1.165, 1.54) is 0 Å². The van der Waals surface area contributed by atoms with Crippen molar-refractivity contribution < 1.29 is 4.79 Å². The summed E-state index contributed by atoms with van der Waals surface area (Å²) < 4.78 is 0. The molecule has 0 aromatic carbocycles. The smallest absolute Gasteiger partial charge is 0.239 e. The number of hydrogen-bond donors (Lipinski definition) is 1. The molecule has 19 heavy (non-hydrogen) atoms. The number of carbonyl (C=O) groups is 1. The first-order chi connectivity index (χ1) is 9.06. The van der Waals surface area contributed by atoms with Crippen LogP contribution in [0.4, 0.5) is 5.82 Å². The van der Waals surface area contributed by atoms with E-state index in [1.807, 2.05) is 31.2 Å². The number of amides is 1. The molecule has 5 heteroatoms. The fourth-order valence-corrected chi connectivity index (χ4v) is 1.66. The lowest BCUT2D eigenvalue weighted by Gasteiger charge is -2.07. The van der Waals surface area contributed by atoms with E-state index >= 15 is 0 Å². The molecule has 4 nitrogen and oxygen atoms in total. The van der Waals surface area contributed by atoms with E-state index in [1.54, 1.807) is 19.2 Å². The van der Waals surface area contributed by atoms with E-state index in [-0.39, 0.29) is 10.7 Å². The number of aryl methyl sites for hydroxylation is 1. The van der Waals surface area contributed by atoms with Gasteiger partial charge in [-0.15, -0.1) is 0 Å². The average Bonchev–Trinajstić information content (AvgIpc) is 2.39. The first-order valence-corrected chi connectivity index (χ1v) is 6.83. The number of rotatable bonds is 3. The molecule has 0 bridgehead atoms. The summed E-state index contributed by atoms with van der Waals surface area (Å²) in [6, 6.07) is 9.50. The Morgan fingerprint density at radius 1 is 1.32 bits per heavy atom. The maximum Gasteiger partial charge on any atom is 0.239 e. The molecule has 1 unspecified atom stereocenters. The molecule has 0 fully saturated rings. The number of aromatic nitrogens is 2. The maximum absolute atomic E-state index is 11.5. The van der Waals surface area contributed by atoms with Crippen LogP contribution in [0.3, 0.4) is 0 Å². The molecule has 0 radical (unpaired) electrons. The van der Waals surface area contributed by atoms with Gasteiger partial charge in [0, 0.05) is 17.5 Å². The molecule has 0 saturated heterocycles. The van der Waals surface area contributed by atoms with Gasteiger partial charge in [0.25, 0.3) is 0 Å². The average molecular weight is 320 g/mol. The quantitative estimate of drug-likeness (QED) is 0.884. The van der Waals surface area contributed by atoms with E-state index < -0.39 is 0 Å². The summed E-state index contributed by atoms with van der Waals surface area (Å²) in [6.45, 7) is 3.71. The van der Waals surface area contributed by atoms with Gasteiger partial charge >= 0.3 is 0 Å². The standard InChI is InChI=1S/C14H14BrN3O/c1-9-4-3-5-12(17-9)11-6-7-13(16-8-11)18-14(19)10(2)15/h3-8,10H,1-2H3,(H,16,18,19). The Bertz CT molecular complexity index is 581. The zero-order valence-corrected chi connectivity index (χ0v) is 12.3. The van der Waals surface area contributed by atoms with Crippen LogP contribution in [-0.2, 0) is 4.79 Å². The Morgan fingerprint density at radius 2 is 2.11 bits per heavy atom. The molecule has 98 valence electrons. The van der Waals surface area contributed by atoms with Gasteiger partial charge in [0.05, 0.1) is 10.5 Å². The van der Waals surface area contributed by atoms with Crippen molar-refractivity contribution in [2.24, 2.45) is 0 Å². The molecule has 2 aromatic heterocycles.